The molecule has 4 aromatic rings. The molecule has 0 aliphatic heterocycles. The van der Waals surface area contributed by atoms with Crippen molar-refractivity contribution in [2.24, 2.45) is 0 Å². The Kier molecular flexibility index (Phi) is 4.22. The van der Waals surface area contributed by atoms with E-state index in [0.29, 0.717) is 39.0 Å². The van der Waals surface area contributed by atoms with E-state index in [2.05, 4.69) is 15.1 Å². The summed E-state index contributed by atoms with van der Waals surface area (Å²) in [6.45, 7) is 0.320. The van der Waals surface area contributed by atoms with Crippen molar-refractivity contribution in [1.29, 1.82) is 0 Å². The van der Waals surface area contributed by atoms with Crippen molar-refractivity contribution < 1.29 is 4.39 Å². The molecule has 5 nitrogen and oxygen atoms in total. The third-order valence-corrected chi connectivity index (χ3v) is 4.69. The average Bonchev–Trinajstić information content (AvgIpc) is 3.02. The zero-order valence-electron chi connectivity index (χ0n) is 13.3. The Labute approximate surface area is 158 Å². The second-order valence-corrected chi connectivity index (χ2v) is 6.50. The standard InChI is InChI=1S/C18H12Cl2FN5/c19-14-5-2-6-15(20)13(14)9-26-18-12(8-23-26)16(22)24-17(25-18)10-3-1-4-11(21)7-10/h1-8H,9H2,(H2,22,24,25). The van der Waals surface area contributed by atoms with Crippen molar-refractivity contribution in [3.8, 4) is 11.4 Å². The van der Waals surface area contributed by atoms with Gasteiger partial charge in [0, 0.05) is 21.2 Å². The number of anilines is 1. The molecule has 0 aliphatic carbocycles. The Morgan fingerprint density at radius 2 is 1.77 bits per heavy atom. The molecular formula is C18H12Cl2FN5. The molecule has 0 radical (unpaired) electrons. The van der Waals surface area contributed by atoms with Crippen LogP contribution in [0.4, 0.5) is 10.2 Å². The summed E-state index contributed by atoms with van der Waals surface area (Å²) in [6, 6.07) is 11.3. The third kappa shape index (κ3) is 2.98. The summed E-state index contributed by atoms with van der Waals surface area (Å²) in [5, 5.41) is 6.01. The van der Waals surface area contributed by atoms with Gasteiger partial charge in [-0.05, 0) is 24.3 Å². The van der Waals surface area contributed by atoms with Crippen molar-refractivity contribution in [3.05, 3.63) is 70.1 Å². The number of benzene rings is 2. The normalized spacial score (nSPS) is 11.2. The zero-order chi connectivity index (χ0) is 18.3. The van der Waals surface area contributed by atoms with Crippen LogP contribution in [-0.2, 0) is 6.54 Å². The smallest absolute Gasteiger partial charge is 0.164 e. The van der Waals surface area contributed by atoms with Crippen LogP contribution < -0.4 is 5.73 Å². The number of nitrogens with zero attached hydrogens (tertiary/aromatic N) is 4. The lowest BCUT2D eigenvalue weighted by Gasteiger charge is -2.09. The Morgan fingerprint density at radius 1 is 1.04 bits per heavy atom. The summed E-state index contributed by atoms with van der Waals surface area (Å²) in [5.41, 5.74) is 7.83. The van der Waals surface area contributed by atoms with Gasteiger partial charge in [0.05, 0.1) is 18.1 Å². The molecule has 0 spiro atoms. The van der Waals surface area contributed by atoms with Crippen LogP contribution in [0.15, 0.2) is 48.7 Å². The van der Waals surface area contributed by atoms with Gasteiger partial charge in [-0.15, -0.1) is 0 Å². The fourth-order valence-corrected chi connectivity index (χ4v) is 3.20. The third-order valence-electron chi connectivity index (χ3n) is 3.98. The lowest BCUT2D eigenvalue weighted by molar-refractivity contribution is 0.628. The van der Waals surface area contributed by atoms with E-state index in [9.17, 15) is 4.39 Å². The maximum Gasteiger partial charge on any atom is 0.164 e. The van der Waals surface area contributed by atoms with Gasteiger partial charge in [0.1, 0.15) is 11.6 Å². The monoisotopic (exact) mass is 387 g/mol. The first-order valence-corrected chi connectivity index (χ1v) is 8.46. The first-order valence-electron chi connectivity index (χ1n) is 7.71. The first kappa shape index (κ1) is 16.8. The fourth-order valence-electron chi connectivity index (χ4n) is 2.68. The van der Waals surface area contributed by atoms with E-state index in [0.717, 1.165) is 5.56 Å². The molecule has 4 rings (SSSR count). The van der Waals surface area contributed by atoms with Crippen molar-refractivity contribution in [2.75, 3.05) is 5.73 Å². The van der Waals surface area contributed by atoms with E-state index in [4.69, 9.17) is 28.9 Å². The van der Waals surface area contributed by atoms with Gasteiger partial charge in [0.25, 0.3) is 0 Å². The van der Waals surface area contributed by atoms with Crippen LogP contribution in [0, 0.1) is 5.82 Å². The summed E-state index contributed by atoms with van der Waals surface area (Å²) in [6.07, 6.45) is 1.59. The molecule has 130 valence electrons. The van der Waals surface area contributed by atoms with Crippen LogP contribution >= 0.6 is 23.2 Å². The average molecular weight is 388 g/mol. The molecule has 0 atom stereocenters. The molecule has 0 amide bonds. The lowest BCUT2D eigenvalue weighted by Crippen LogP contribution is -2.05. The minimum absolute atomic E-state index is 0.269. The number of nitrogens with two attached hydrogens (primary N) is 1. The maximum atomic E-state index is 13.5. The van der Waals surface area contributed by atoms with Crippen LogP contribution in [0.2, 0.25) is 10.0 Å². The van der Waals surface area contributed by atoms with Crippen LogP contribution in [0.3, 0.4) is 0 Å². The largest absolute Gasteiger partial charge is 0.383 e. The molecule has 8 heteroatoms. The van der Waals surface area contributed by atoms with E-state index in [1.165, 1.54) is 12.1 Å². The van der Waals surface area contributed by atoms with E-state index in [1.807, 2.05) is 0 Å². The van der Waals surface area contributed by atoms with Crippen LogP contribution in [0.5, 0.6) is 0 Å². The predicted molar refractivity (Wildman–Crippen MR) is 101 cm³/mol. The molecule has 0 unspecified atom stereocenters. The summed E-state index contributed by atoms with van der Waals surface area (Å²) >= 11 is 12.5. The number of fused-ring (bicyclic) bond motifs is 1. The van der Waals surface area contributed by atoms with E-state index >= 15 is 0 Å². The number of aromatic nitrogens is 4. The SMILES string of the molecule is Nc1nc(-c2cccc(F)c2)nc2c1cnn2Cc1c(Cl)cccc1Cl. The quantitative estimate of drug-likeness (QED) is 0.558. The van der Waals surface area contributed by atoms with Gasteiger partial charge in [0.2, 0.25) is 0 Å². The lowest BCUT2D eigenvalue weighted by atomic mass is 10.2. The van der Waals surface area contributed by atoms with Crippen LogP contribution in [0.25, 0.3) is 22.4 Å². The number of nitrogen functional groups attached to an aromatic ring is 1. The molecule has 2 heterocycles. The number of rotatable bonds is 3. The fraction of sp³-hybridized carbons (Fsp3) is 0.0556. The van der Waals surface area contributed by atoms with Crippen LogP contribution in [0.1, 0.15) is 5.56 Å². The van der Waals surface area contributed by atoms with Gasteiger partial charge in [0.15, 0.2) is 11.5 Å². The summed E-state index contributed by atoms with van der Waals surface area (Å²) in [5.74, 6) is 0.216. The highest BCUT2D eigenvalue weighted by molar-refractivity contribution is 6.36. The minimum atomic E-state index is -0.374. The van der Waals surface area contributed by atoms with Gasteiger partial charge in [-0.2, -0.15) is 5.10 Å². The minimum Gasteiger partial charge on any atom is -0.383 e. The van der Waals surface area contributed by atoms with Gasteiger partial charge < -0.3 is 5.73 Å². The molecule has 26 heavy (non-hydrogen) atoms. The number of halogens is 3. The molecule has 0 bridgehead atoms. The van der Waals surface area contributed by atoms with Gasteiger partial charge >= 0.3 is 0 Å². The highest BCUT2D eigenvalue weighted by Crippen LogP contribution is 2.28. The van der Waals surface area contributed by atoms with Gasteiger partial charge in [-0.25, -0.2) is 19.0 Å². The molecular weight excluding hydrogens is 376 g/mol. The molecule has 0 aliphatic rings. The first-order chi connectivity index (χ1) is 12.5. The second-order valence-electron chi connectivity index (χ2n) is 5.68. The molecule has 2 N–H and O–H groups in total. The number of hydrogen-bond donors (Lipinski definition) is 1. The Balaban J connectivity index is 1.84. The Bertz CT molecular complexity index is 1110. The molecule has 2 aromatic carbocycles. The molecule has 0 saturated carbocycles. The highest BCUT2D eigenvalue weighted by Gasteiger charge is 2.15. The van der Waals surface area contributed by atoms with Crippen molar-refractivity contribution in [3.63, 3.8) is 0 Å². The van der Waals surface area contributed by atoms with Crippen molar-refractivity contribution in [1.82, 2.24) is 19.7 Å². The summed E-state index contributed by atoms with van der Waals surface area (Å²) in [4.78, 5) is 8.78. The number of hydrogen-bond acceptors (Lipinski definition) is 4. The maximum absolute atomic E-state index is 13.5. The van der Waals surface area contributed by atoms with Gasteiger partial charge in [-0.1, -0.05) is 41.4 Å². The van der Waals surface area contributed by atoms with Crippen molar-refractivity contribution >= 4 is 40.1 Å². The summed E-state index contributed by atoms with van der Waals surface area (Å²) < 4.78 is 15.2. The van der Waals surface area contributed by atoms with E-state index < -0.39 is 0 Å². The highest BCUT2D eigenvalue weighted by atomic mass is 35.5. The van der Waals surface area contributed by atoms with Crippen molar-refractivity contribution in [2.45, 2.75) is 6.54 Å². The molecule has 0 fully saturated rings. The molecule has 2 aromatic heterocycles. The topological polar surface area (TPSA) is 69.6 Å². The van der Waals surface area contributed by atoms with Crippen LogP contribution in [-0.4, -0.2) is 19.7 Å². The van der Waals surface area contributed by atoms with Gasteiger partial charge in [-0.3, -0.25) is 0 Å². The Hall–Kier alpha value is -2.70. The molecule has 0 saturated heterocycles. The Morgan fingerprint density at radius 3 is 2.50 bits per heavy atom. The second kappa shape index (κ2) is 6.55. The van der Waals surface area contributed by atoms with E-state index in [-0.39, 0.29) is 11.6 Å². The van der Waals surface area contributed by atoms with E-state index in [1.54, 1.807) is 41.2 Å². The zero-order valence-corrected chi connectivity index (χ0v) is 14.8. The summed E-state index contributed by atoms with van der Waals surface area (Å²) in [7, 11) is 0. The predicted octanol–water partition coefficient (Wildman–Crippen LogP) is 4.57.